The van der Waals surface area contributed by atoms with E-state index in [0.717, 1.165) is 0 Å². The minimum Gasteiger partial charge on any atom is -0.386 e. The van der Waals surface area contributed by atoms with E-state index in [2.05, 4.69) is 10.6 Å². The van der Waals surface area contributed by atoms with Gasteiger partial charge in [0.05, 0.1) is 6.10 Å². The predicted octanol–water partition coefficient (Wildman–Crippen LogP) is 3.85. The molecule has 110 valence electrons. The van der Waals surface area contributed by atoms with E-state index in [0.29, 0.717) is 21.3 Å². The highest BCUT2D eigenvalue weighted by atomic mass is 35.5. The molecule has 4 nitrogen and oxygen atoms in total. The number of hydrogen-bond acceptors (Lipinski definition) is 2. The van der Waals surface area contributed by atoms with Gasteiger partial charge >= 0.3 is 6.03 Å². The smallest absolute Gasteiger partial charge is 0.319 e. The molecule has 2 amide bonds. The van der Waals surface area contributed by atoms with Crippen molar-refractivity contribution in [2.24, 2.45) is 0 Å². The Labute approximate surface area is 132 Å². The summed E-state index contributed by atoms with van der Waals surface area (Å²) < 4.78 is 0. The summed E-state index contributed by atoms with van der Waals surface area (Å²) in [5.41, 5.74) is 1.07. The van der Waals surface area contributed by atoms with Gasteiger partial charge in [-0.25, -0.2) is 4.79 Å². The van der Waals surface area contributed by atoms with Gasteiger partial charge in [-0.3, -0.25) is 0 Å². The van der Waals surface area contributed by atoms with E-state index in [1.54, 1.807) is 30.3 Å². The number of urea groups is 1. The van der Waals surface area contributed by atoms with Crippen LogP contribution in [0.1, 0.15) is 11.7 Å². The average Bonchev–Trinajstić information content (AvgIpc) is 2.46. The molecule has 0 fully saturated rings. The molecule has 2 aromatic rings. The van der Waals surface area contributed by atoms with Crippen molar-refractivity contribution >= 4 is 34.9 Å². The fourth-order valence-electron chi connectivity index (χ4n) is 1.82. The van der Waals surface area contributed by atoms with Crippen molar-refractivity contribution in [3.63, 3.8) is 0 Å². The number of rotatable bonds is 4. The standard InChI is InChI=1S/C15H14Cl2N2O2/c16-11-7-4-8-12(17)14(11)13(20)9-18-15(21)19-10-5-2-1-3-6-10/h1-8,13,20H,9H2,(H2,18,19,21). The van der Waals surface area contributed by atoms with Crippen molar-refractivity contribution in [3.05, 3.63) is 64.1 Å². The fraction of sp³-hybridized carbons (Fsp3) is 0.133. The third-order valence-electron chi connectivity index (χ3n) is 2.82. The number of nitrogens with one attached hydrogen (secondary N) is 2. The van der Waals surface area contributed by atoms with Gasteiger partial charge in [-0.15, -0.1) is 0 Å². The minimum atomic E-state index is -0.979. The normalized spacial score (nSPS) is 11.8. The van der Waals surface area contributed by atoms with Gasteiger partial charge in [0.1, 0.15) is 0 Å². The van der Waals surface area contributed by atoms with E-state index >= 15 is 0 Å². The van der Waals surface area contributed by atoms with Crippen molar-refractivity contribution in [3.8, 4) is 0 Å². The zero-order valence-corrected chi connectivity index (χ0v) is 12.5. The summed E-state index contributed by atoms with van der Waals surface area (Å²) in [6.07, 6.45) is -0.979. The number of carbonyl (C=O) groups is 1. The van der Waals surface area contributed by atoms with E-state index in [9.17, 15) is 9.90 Å². The Morgan fingerprint density at radius 2 is 1.67 bits per heavy atom. The van der Waals surface area contributed by atoms with Crippen LogP contribution in [0.3, 0.4) is 0 Å². The summed E-state index contributed by atoms with van der Waals surface area (Å²) in [6.45, 7) is 0.00210. The molecule has 0 saturated carbocycles. The maximum atomic E-state index is 11.7. The first kappa shape index (κ1) is 15.6. The average molecular weight is 325 g/mol. The van der Waals surface area contributed by atoms with Gasteiger partial charge in [0, 0.05) is 27.8 Å². The summed E-state index contributed by atoms with van der Waals surface area (Å²) in [7, 11) is 0. The number of aliphatic hydroxyl groups excluding tert-OH is 1. The van der Waals surface area contributed by atoms with Gasteiger partial charge in [-0.2, -0.15) is 0 Å². The molecular weight excluding hydrogens is 311 g/mol. The summed E-state index contributed by atoms with van der Waals surface area (Å²) in [5.74, 6) is 0. The van der Waals surface area contributed by atoms with Gasteiger partial charge in [-0.1, -0.05) is 47.5 Å². The Morgan fingerprint density at radius 3 is 2.29 bits per heavy atom. The van der Waals surface area contributed by atoms with Crippen LogP contribution in [0.4, 0.5) is 10.5 Å². The molecule has 0 aliphatic heterocycles. The first-order chi connectivity index (χ1) is 10.1. The Balaban J connectivity index is 1.92. The van der Waals surface area contributed by atoms with Gasteiger partial charge in [-0.05, 0) is 24.3 Å². The summed E-state index contributed by atoms with van der Waals surface area (Å²) >= 11 is 12.0. The lowest BCUT2D eigenvalue weighted by atomic mass is 10.1. The highest BCUT2D eigenvalue weighted by Crippen LogP contribution is 2.29. The number of benzene rings is 2. The molecule has 0 bridgehead atoms. The number of carbonyl (C=O) groups excluding carboxylic acids is 1. The van der Waals surface area contributed by atoms with Crippen molar-refractivity contribution < 1.29 is 9.90 Å². The summed E-state index contributed by atoms with van der Waals surface area (Å²) in [5, 5.41) is 16.0. The first-order valence-corrected chi connectivity index (χ1v) is 7.05. The first-order valence-electron chi connectivity index (χ1n) is 6.30. The molecule has 0 aliphatic rings. The second-order valence-electron chi connectivity index (χ2n) is 4.35. The largest absolute Gasteiger partial charge is 0.386 e. The topological polar surface area (TPSA) is 61.4 Å². The summed E-state index contributed by atoms with van der Waals surface area (Å²) in [6, 6.07) is 13.6. The Bertz CT molecular complexity index is 600. The number of amides is 2. The number of halogens is 2. The van der Waals surface area contributed by atoms with E-state index < -0.39 is 12.1 Å². The molecule has 6 heteroatoms. The van der Waals surface area contributed by atoms with Gasteiger partial charge in [0.25, 0.3) is 0 Å². The maximum Gasteiger partial charge on any atom is 0.319 e. The van der Waals surface area contributed by atoms with Gasteiger partial charge in [0.2, 0.25) is 0 Å². The molecule has 0 saturated heterocycles. The van der Waals surface area contributed by atoms with E-state index in [-0.39, 0.29) is 6.54 Å². The van der Waals surface area contributed by atoms with Crippen LogP contribution in [0.25, 0.3) is 0 Å². The molecule has 0 aliphatic carbocycles. The van der Waals surface area contributed by atoms with Gasteiger partial charge < -0.3 is 15.7 Å². The monoisotopic (exact) mass is 324 g/mol. The predicted molar refractivity (Wildman–Crippen MR) is 84.9 cm³/mol. The molecule has 0 aromatic heterocycles. The van der Waals surface area contributed by atoms with Crippen molar-refractivity contribution in [1.82, 2.24) is 5.32 Å². The van der Waals surface area contributed by atoms with Crippen LogP contribution in [0, 0.1) is 0 Å². The molecule has 0 heterocycles. The quantitative estimate of drug-likeness (QED) is 0.800. The maximum absolute atomic E-state index is 11.7. The second-order valence-corrected chi connectivity index (χ2v) is 5.17. The van der Waals surface area contributed by atoms with Crippen molar-refractivity contribution in [2.75, 3.05) is 11.9 Å². The molecule has 2 rings (SSSR count). The molecular formula is C15H14Cl2N2O2. The molecule has 0 radical (unpaired) electrons. The van der Waals surface area contributed by atoms with E-state index in [4.69, 9.17) is 23.2 Å². The van der Waals surface area contributed by atoms with Crippen LogP contribution in [-0.2, 0) is 0 Å². The molecule has 2 aromatic carbocycles. The summed E-state index contributed by atoms with van der Waals surface area (Å²) in [4.78, 5) is 11.7. The number of hydrogen-bond donors (Lipinski definition) is 3. The molecule has 1 atom stereocenters. The zero-order chi connectivity index (χ0) is 15.2. The van der Waals surface area contributed by atoms with Crippen molar-refractivity contribution in [1.29, 1.82) is 0 Å². The number of anilines is 1. The SMILES string of the molecule is O=C(NCC(O)c1c(Cl)cccc1Cl)Nc1ccccc1. The third-order valence-corrected chi connectivity index (χ3v) is 3.48. The van der Waals surface area contributed by atoms with Crippen LogP contribution >= 0.6 is 23.2 Å². The van der Waals surface area contributed by atoms with Crippen molar-refractivity contribution in [2.45, 2.75) is 6.10 Å². The highest BCUT2D eigenvalue weighted by Gasteiger charge is 2.16. The number of para-hydroxylation sites is 1. The molecule has 21 heavy (non-hydrogen) atoms. The third kappa shape index (κ3) is 4.36. The van der Waals surface area contributed by atoms with Crippen LogP contribution in [0.2, 0.25) is 10.0 Å². The lowest BCUT2D eigenvalue weighted by molar-refractivity contribution is 0.175. The fourth-order valence-corrected chi connectivity index (χ4v) is 2.47. The highest BCUT2D eigenvalue weighted by molar-refractivity contribution is 6.36. The lowest BCUT2D eigenvalue weighted by Crippen LogP contribution is -2.32. The Hall–Kier alpha value is -1.75. The van der Waals surface area contributed by atoms with Crippen LogP contribution in [0.15, 0.2) is 48.5 Å². The van der Waals surface area contributed by atoms with Gasteiger partial charge in [0.15, 0.2) is 0 Å². The minimum absolute atomic E-state index is 0.00210. The Kier molecular flexibility index (Phi) is 5.44. The van der Waals surface area contributed by atoms with E-state index in [1.807, 2.05) is 18.2 Å². The van der Waals surface area contributed by atoms with Crippen LogP contribution in [0.5, 0.6) is 0 Å². The second kappa shape index (κ2) is 7.31. The lowest BCUT2D eigenvalue weighted by Gasteiger charge is -2.15. The van der Waals surface area contributed by atoms with Crippen LogP contribution in [-0.4, -0.2) is 17.7 Å². The number of aliphatic hydroxyl groups is 1. The molecule has 0 spiro atoms. The Morgan fingerprint density at radius 1 is 1.05 bits per heavy atom. The van der Waals surface area contributed by atoms with E-state index in [1.165, 1.54) is 0 Å². The molecule has 1 unspecified atom stereocenters. The molecule has 3 N–H and O–H groups in total. The zero-order valence-electron chi connectivity index (χ0n) is 11.0. The van der Waals surface area contributed by atoms with Crippen LogP contribution < -0.4 is 10.6 Å².